The number of carbonyl (C=O) groups excluding carboxylic acids is 1. The Hall–Kier alpha value is -3.55. The van der Waals surface area contributed by atoms with Crippen molar-refractivity contribution in [3.63, 3.8) is 0 Å². The van der Waals surface area contributed by atoms with Gasteiger partial charge in [0.2, 0.25) is 5.90 Å². The largest absolute Gasteiger partial charge is 0.494 e. The van der Waals surface area contributed by atoms with Crippen LogP contribution in [0.1, 0.15) is 49.3 Å². The fraction of sp³-hybridized carbons (Fsp3) is 0.462. The molecule has 2 aromatic carbocycles. The molecule has 0 saturated carbocycles. The van der Waals surface area contributed by atoms with Crippen molar-refractivity contribution in [1.29, 1.82) is 0 Å². The normalized spacial score (nSPS) is 16.7. The molecule has 2 N–H and O–H groups in total. The van der Waals surface area contributed by atoms with Gasteiger partial charge in [-0.2, -0.15) is 0 Å². The van der Waals surface area contributed by atoms with E-state index in [-0.39, 0.29) is 25.7 Å². The van der Waals surface area contributed by atoms with E-state index in [1.54, 1.807) is 0 Å². The number of azide groups is 1. The highest BCUT2D eigenvalue weighted by atomic mass is 16.5. The summed E-state index contributed by atoms with van der Waals surface area (Å²) >= 11 is 0. The number of aliphatic hydroxyl groups is 1. The van der Waals surface area contributed by atoms with Gasteiger partial charge < -0.3 is 19.9 Å². The molecule has 0 bridgehead atoms. The summed E-state index contributed by atoms with van der Waals surface area (Å²) in [7, 11) is 0. The van der Waals surface area contributed by atoms with E-state index in [9.17, 15) is 4.79 Å². The van der Waals surface area contributed by atoms with Crippen molar-refractivity contribution < 1.29 is 19.4 Å². The molecule has 0 radical (unpaired) electrons. The summed E-state index contributed by atoms with van der Waals surface area (Å²) < 4.78 is 11.6. The van der Waals surface area contributed by atoms with Crippen molar-refractivity contribution in [3.05, 3.63) is 75.7 Å². The van der Waals surface area contributed by atoms with Crippen LogP contribution in [0.25, 0.3) is 10.4 Å². The van der Waals surface area contributed by atoms with Crippen LogP contribution in [-0.2, 0) is 22.5 Å². The number of ether oxygens (including phenoxy) is 2. The van der Waals surface area contributed by atoms with E-state index in [2.05, 4.69) is 22.3 Å². The van der Waals surface area contributed by atoms with E-state index in [0.717, 1.165) is 36.0 Å². The zero-order chi connectivity index (χ0) is 24.9. The summed E-state index contributed by atoms with van der Waals surface area (Å²) in [5.41, 5.74) is 10.1. The summed E-state index contributed by atoms with van der Waals surface area (Å²) in [4.78, 5) is 21.1. The van der Waals surface area contributed by atoms with Gasteiger partial charge in [0.15, 0.2) is 5.54 Å². The number of carbonyl (C=O) groups is 1. The van der Waals surface area contributed by atoms with Crippen LogP contribution in [0.15, 0.2) is 58.6 Å². The molecule has 3 rings (SSSR count). The average molecular weight is 480 g/mol. The molecule has 1 aliphatic heterocycles. The SMILES string of the molecule is CCCCCNC(=O)[C@@]1(Cc2ccccc2CN=[N+]=[N-])COC(c2ccc(OCCCO)cc2)=N1. The Morgan fingerprint density at radius 3 is 2.69 bits per heavy atom. The maximum atomic E-state index is 13.4. The number of aliphatic imine (C=N–C) groups is 1. The molecule has 0 spiro atoms. The summed E-state index contributed by atoms with van der Waals surface area (Å²) in [6.45, 7) is 3.54. The molecule has 9 heteroatoms. The van der Waals surface area contributed by atoms with Crippen LogP contribution < -0.4 is 10.1 Å². The molecular formula is C26H33N5O4. The predicted molar refractivity (Wildman–Crippen MR) is 134 cm³/mol. The molecule has 0 aliphatic carbocycles. The van der Waals surface area contributed by atoms with Crippen molar-refractivity contribution in [2.24, 2.45) is 10.1 Å². The molecule has 1 amide bonds. The zero-order valence-electron chi connectivity index (χ0n) is 20.2. The summed E-state index contributed by atoms with van der Waals surface area (Å²) in [6, 6.07) is 14.9. The lowest BCUT2D eigenvalue weighted by Crippen LogP contribution is -2.48. The molecule has 186 valence electrons. The standard InChI is InChI=1S/C26H33N5O4/c1-2-3-6-14-28-25(33)26(17-21-8-4-5-9-22(21)18-29-31-27)19-35-24(30-26)20-10-12-23(13-11-20)34-16-7-15-32/h4-5,8-13,32H,2-3,6-7,14-19H2,1H3,(H,28,33)/t26-/m1/s1. The van der Waals surface area contributed by atoms with Gasteiger partial charge >= 0.3 is 0 Å². The van der Waals surface area contributed by atoms with Crippen molar-refractivity contribution in [2.45, 2.75) is 51.1 Å². The molecule has 1 heterocycles. The molecule has 1 atom stereocenters. The molecule has 9 nitrogen and oxygen atoms in total. The molecule has 1 aliphatic rings. The van der Waals surface area contributed by atoms with Crippen LogP contribution >= 0.6 is 0 Å². The van der Waals surface area contributed by atoms with E-state index in [1.807, 2.05) is 48.5 Å². The van der Waals surface area contributed by atoms with Crippen LogP contribution in [0.2, 0.25) is 0 Å². The Labute approximate surface area is 205 Å². The number of aliphatic hydroxyl groups excluding tert-OH is 1. The van der Waals surface area contributed by atoms with Gasteiger partial charge in [-0.15, -0.1) is 0 Å². The number of nitrogens with one attached hydrogen (secondary N) is 1. The summed E-state index contributed by atoms with van der Waals surface area (Å²) in [6.07, 6.45) is 3.91. The maximum absolute atomic E-state index is 13.4. The van der Waals surface area contributed by atoms with Gasteiger partial charge in [-0.05, 0) is 47.3 Å². The number of hydrogen-bond donors (Lipinski definition) is 2. The first-order valence-corrected chi connectivity index (χ1v) is 12.0. The van der Waals surface area contributed by atoms with Crippen molar-refractivity contribution in [3.8, 4) is 5.75 Å². The van der Waals surface area contributed by atoms with E-state index >= 15 is 0 Å². The Bertz CT molecular complexity index is 1050. The van der Waals surface area contributed by atoms with Crippen molar-refractivity contribution >= 4 is 11.8 Å². The minimum absolute atomic E-state index is 0.0807. The lowest BCUT2D eigenvalue weighted by Gasteiger charge is -2.24. The van der Waals surface area contributed by atoms with Gasteiger partial charge in [0.1, 0.15) is 12.4 Å². The highest BCUT2D eigenvalue weighted by molar-refractivity contribution is 6.00. The summed E-state index contributed by atoms with van der Waals surface area (Å²) in [5, 5.41) is 15.7. The minimum atomic E-state index is -1.12. The maximum Gasteiger partial charge on any atom is 0.251 e. The van der Waals surface area contributed by atoms with Gasteiger partial charge in [0.25, 0.3) is 5.91 Å². The molecule has 0 aromatic heterocycles. The highest BCUT2D eigenvalue weighted by Crippen LogP contribution is 2.29. The number of nitrogens with zero attached hydrogens (tertiary/aromatic N) is 4. The summed E-state index contributed by atoms with van der Waals surface area (Å²) in [5.74, 6) is 0.919. The van der Waals surface area contributed by atoms with Crippen LogP contribution in [-0.4, -0.2) is 48.8 Å². The van der Waals surface area contributed by atoms with Crippen molar-refractivity contribution in [1.82, 2.24) is 5.32 Å². The second-order valence-corrected chi connectivity index (χ2v) is 8.48. The first kappa shape index (κ1) is 26.1. The second kappa shape index (κ2) is 13.4. The van der Waals surface area contributed by atoms with Crippen molar-refractivity contribution in [2.75, 3.05) is 26.4 Å². The molecule has 35 heavy (non-hydrogen) atoms. The minimum Gasteiger partial charge on any atom is -0.494 e. The predicted octanol–water partition coefficient (Wildman–Crippen LogP) is 4.32. The van der Waals surface area contributed by atoms with E-state index < -0.39 is 5.54 Å². The quantitative estimate of drug-likeness (QED) is 0.181. The Morgan fingerprint density at radius 2 is 1.97 bits per heavy atom. The Kier molecular flexibility index (Phi) is 9.95. The van der Waals surface area contributed by atoms with Gasteiger partial charge in [-0.25, -0.2) is 4.99 Å². The monoisotopic (exact) mass is 479 g/mol. The van der Waals surface area contributed by atoms with Crippen LogP contribution in [0.5, 0.6) is 5.75 Å². The van der Waals surface area contributed by atoms with Crippen LogP contribution in [0.3, 0.4) is 0 Å². The number of unbranched alkanes of at least 4 members (excludes halogenated alkanes) is 2. The van der Waals surface area contributed by atoms with Gasteiger partial charge in [0.05, 0.1) is 13.2 Å². The third-order valence-electron chi connectivity index (χ3n) is 5.83. The van der Waals surface area contributed by atoms with Gasteiger partial charge in [0, 0.05) is 36.5 Å². The number of amides is 1. The molecular weight excluding hydrogens is 446 g/mol. The van der Waals surface area contributed by atoms with E-state index in [0.29, 0.717) is 37.6 Å². The highest BCUT2D eigenvalue weighted by Gasteiger charge is 2.44. The first-order valence-electron chi connectivity index (χ1n) is 12.0. The lowest BCUT2D eigenvalue weighted by atomic mass is 9.89. The van der Waals surface area contributed by atoms with Gasteiger partial charge in [-0.1, -0.05) is 49.1 Å². The third-order valence-corrected chi connectivity index (χ3v) is 5.83. The number of hydrogen-bond acceptors (Lipinski definition) is 6. The van der Waals surface area contributed by atoms with Crippen LogP contribution in [0, 0.1) is 0 Å². The van der Waals surface area contributed by atoms with E-state index in [4.69, 9.17) is 25.1 Å². The fourth-order valence-corrected chi connectivity index (χ4v) is 3.88. The van der Waals surface area contributed by atoms with Gasteiger partial charge in [-0.3, -0.25) is 4.79 Å². The Balaban J connectivity index is 1.85. The zero-order valence-corrected chi connectivity index (χ0v) is 20.2. The smallest absolute Gasteiger partial charge is 0.251 e. The molecule has 0 unspecified atom stereocenters. The van der Waals surface area contributed by atoms with E-state index in [1.165, 1.54) is 0 Å². The molecule has 0 fully saturated rings. The first-order chi connectivity index (χ1) is 17.1. The Morgan fingerprint density at radius 1 is 1.20 bits per heavy atom. The fourth-order valence-electron chi connectivity index (χ4n) is 3.88. The molecule has 2 aromatic rings. The van der Waals surface area contributed by atoms with Crippen LogP contribution in [0.4, 0.5) is 0 Å². The second-order valence-electron chi connectivity index (χ2n) is 8.48. The average Bonchev–Trinajstić information content (AvgIpc) is 3.32. The lowest BCUT2D eigenvalue weighted by molar-refractivity contribution is -0.126. The third kappa shape index (κ3) is 7.21. The number of rotatable bonds is 14. The number of benzene rings is 2. The molecule has 0 saturated heterocycles. The topological polar surface area (TPSA) is 129 Å².